The smallest absolute Gasteiger partial charge is 0.244 e. The number of rotatable bonds is 9. The molecule has 2 N–H and O–H groups in total. The van der Waals surface area contributed by atoms with Gasteiger partial charge in [0.2, 0.25) is 10.0 Å². The highest BCUT2D eigenvalue weighted by Gasteiger charge is 2.20. The van der Waals surface area contributed by atoms with Crippen molar-refractivity contribution in [3.05, 3.63) is 16.7 Å². The van der Waals surface area contributed by atoms with Crippen LogP contribution < -0.4 is 10.0 Å². The molecule has 8 heteroatoms. The molecule has 0 bridgehead atoms. The Morgan fingerprint density at radius 2 is 2.19 bits per heavy atom. The highest BCUT2D eigenvalue weighted by Crippen LogP contribution is 2.23. The van der Waals surface area contributed by atoms with Crippen molar-refractivity contribution in [3.63, 3.8) is 0 Å². The molecule has 0 radical (unpaired) electrons. The van der Waals surface area contributed by atoms with Crippen LogP contribution in [0.1, 0.15) is 20.3 Å². The number of thioether (sulfide) groups is 1. The number of nitrogens with zero attached hydrogens (tertiary/aromatic N) is 1. The molecule has 0 fully saturated rings. The number of hydrogen-bond donors (Lipinski definition) is 2. The van der Waals surface area contributed by atoms with Crippen molar-refractivity contribution < 1.29 is 8.42 Å². The fraction of sp³-hybridized carbons (Fsp3) is 0.615. The number of hydrogen-bond acceptors (Lipinski definition) is 5. The van der Waals surface area contributed by atoms with Crippen molar-refractivity contribution in [1.29, 1.82) is 0 Å². The molecular weight excluding hydrogens is 374 g/mol. The summed E-state index contributed by atoms with van der Waals surface area (Å²) in [6.07, 6.45) is 4.50. The first-order valence-electron chi connectivity index (χ1n) is 6.78. The summed E-state index contributed by atoms with van der Waals surface area (Å²) < 4.78 is 28.2. The second kappa shape index (κ2) is 8.97. The average Bonchev–Trinajstić information content (AvgIpc) is 2.44. The Kier molecular flexibility index (Phi) is 8.00. The lowest BCUT2D eigenvalue weighted by Crippen LogP contribution is -2.30. The van der Waals surface area contributed by atoms with Gasteiger partial charge in [-0.1, -0.05) is 13.8 Å². The van der Waals surface area contributed by atoms with E-state index >= 15 is 0 Å². The molecule has 21 heavy (non-hydrogen) atoms. The lowest BCUT2D eigenvalue weighted by atomic mass is 10.2. The lowest BCUT2D eigenvalue weighted by Gasteiger charge is -2.14. The van der Waals surface area contributed by atoms with Crippen LogP contribution in [0.2, 0.25) is 0 Å². The quantitative estimate of drug-likeness (QED) is 0.672. The van der Waals surface area contributed by atoms with Crippen molar-refractivity contribution in [2.45, 2.75) is 25.2 Å². The third-order valence-electron chi connectivity index (χ3n) is 2.72. The monoisotopic (exact) mass is 395 g/mol. The molecule has 0 saturated carbocycles. The van der Waals surface area contributed by atoms with Crippen LogP contribution >= 0.6 is 27.7 Å². The van der Waals surface area contributed by atoms with Crippen LogP contribution in [-0.2, 0) is 10.0 Å². The maximum atomic E-state index is 12.5. The Labute approximate surface area is 139 Å². The third-order valence-corrected chi connectivity index (χ3v) is 5.50. The largest absolute Gasteiger partial charge is 0.369 e. The van der Waals surface area contributed by atoms with E-state index in [4.69, 9.17) is 0 Å². The maximum absolute atomic E-state index is 12.5. The molecule has 1 rings (SSSR count). The van der Waals surface area contributed by atoms with Gasteiger partial charge in [0.15, 0.2) is 0 Å². The molecule has 1 aromatic rings. The van der Waals surface area contributed by atoms with Crippen LogP contribution in [0.25, 0.3) is 0 Å². The Morgan fingerprint density at radius 1 is 1.48 bits per heavy atom. The molecule has 0 amide bonds. The summed E-state index contributed by atoms with van der Waals surface area (Å²) in [5, 5.41) is 3.05. The number of pyridine rings is 1. The molecule has 0 aliphatic carbocycles. The van der Waals surface area contributed by atoms with E-state index in [1.165, 1.54) is 0 Å². The normalized spacial score (nSPS) is 13.1. The number of halogens is 1. The fourth-order valence-corrected chi connectivity index (χ4v) is 4.17. The molecule has 0 spiro atoms. The van der Waals surface area contributed by atoms with Crippen LogP contribution in [0.5, 0.6) is 0 Å². The first kappa shape index (κ1) is 18.7. The van der Waals surface area contributed by atoms with E-state index in [9.17, 15) is 8.42 Å². The Hall–Kier alpha value is -0.310. The minimum Gasteiger partial charge on any atom is -0.369 e. The van der Waals surface area contributed by atoms with E-state index in [1.54, 1.807) is 24.0 Å². The highest BCUT2D eigenvalue weighted by atomic mass is 79.9. The first-order chi connectivity index (χ1) is 9.90. The summed E-state index contributed by atoms with van der Waals surface area (Å²) >= 11 is 4.98. The van der Waals surface area contributed by atoms with Gasteiger partial charge in [0.05, 0.1) is 0 Å². The maximum Gasteiger partial charge on any atom is 0.244 e. The van der Waals surface area contributed by atoms with Crippen molar-refractivity contribution in [2.75, 3.05) is 30.4 Å². The van der Waals surface area contributed by atoms with Crippen LogP contribution in [0.3, 0.4) is 0 Å². The van der Waals surface area contributed by atoms with Gasteiger partial charge < -0.3 is 5.32 Å². The van der Waals surface area contributed by atoms with E-state index < -0.39 is 10.0 Å². The van der Waals surface area contributed by atoms with Crippen LogP contribution in [0.4, 0.5) is 5.82 Å². The summed E-state index contributed by atoms with van der Waals surface area (Å²) in [5.41, 5.74) is 0. The summed E-state index contributed by atoms with van der Waals surface area (Å²) in [7, 11) is -3.57. The summed E-state index contributed by atoms with van der Waals surface area (Å²) in [6, 6.07) is 1.58. The van der Waals surface area contributed by atoms with E-state index in [1.807, 2.05) is 20.1 Å². The summed E-state index contributed by atoms with van der Waals surface area (Å²) in [6.45, 7) is 5.14. The number of anilines is 1. The van der Waals surface area contributed by atoms with Gasteiger partial charge >= 0.3 is 0 Å². The predicted octanol–water partition coefficient (Wildman–Crippen LogP) is 2.94. The predicted molar refractivity (Wildman–Crippen MR) is 93.5 cm³/mol. The Morgan fingerprint density at radius 3 is 2.81 bits per heavy atom. The van der Waals surface area contributed by atoms with Crippen LogP contribution in [0, 0.1) is 5.92 Å². The van der Waals surface area contributed by atoms with E-state index in [0.29, 0.717) is 23.4 Å². The van der Waals surface area contributed by atoms with Gasteiger partial charge in [-0.3, -0.25) is 0 Å². The first-order valence-corrected chi connectivity index (χ1v) is 10.5. The second-order valence-corrected chi connectivity index (χ2v) is 8.40. The standard InChI is InChI=1S/C13H22BrN3O2S2/c1-4-5-15-13-12(6-11(14)8-16-13)21(18,19)17-7-10(2)9-20-3/h6,8,10,17H,4-5,7,9H2,1-3H3,(H,15,16). The second-order valence-electron chi connectivity index (χ2n) is 4.84. The summed E-state index contributed by atoms with van der Waals surface area (Å²) in [4.78, 5) is 4.35. The van der Waals surface area contributed by atoms with Crippen molar-refractivity contribution in [3.8, 4) is 0 Å². The van der Waals surface area contributed by atoms with Gasteiger partial charge in [-0.2, -0.15) is 11.8 Å². The van der Waals surface area contributed by atoms with Gasteiger partial charge in [0.1, 0.15) is 10.7 Å². The third kappa shape index (κ3) is 6.14. The SMILES string of the molecule is CCCNc1ncc(Br)cc1S(=O)(=O)NCC(C)CSC. The van der Waals surface area contributed by atoms with E-state index in [2.05, 4.69) is 31.0 Å². The zero-order valence-corrected chi connectivity index (χ0v) is 15.7. The van der Waals surface area contributed by atoms with Gasteiger partial charge in [-0.05, 0) is 46.3 Å². The number of sulfonamides is 1. The molecule has 5 nitrogen and oxygen atoms in total. The molecule has 0 aromatic carbocycles. The van der Waals surface area contributed by atoms with Gasteiger partial charge in [0.25, 0.3) is 0 Å². The molecule has 1 atom stereocenters. The van der Waals surface area contributed by atoms with E-state index in [-0.39, 0.29) is 10.8 Å². The zero-order valence-electron chi connectivity index (χ0n) is 12.5. The molecule has 1 unspecified atom stereocenters. The topological polar surface area (TPSA) is 71.1 Å². The molecule has 120 valence electrons. The van der Waals surface area contributed by atoms with Crippen molar-refractivity contribution in [1.82, 2.24) is 9.71 Å². The van der Waals surface area contributed by atoms with Crippen LogP contribution in [-0.4, -0.2) is 38.5 Å². The molecule has 1 heterocycles. The molecule has 1 aromatic heterocycles. The molecule has 0 aliphatic rings. The Balaban J connectivity index is 2.92. The highest BCUT2D eigenvalue weighted by molar-refractivity contribution is 9.10. The van der Waals surface area contributed by atoms with E-state index in [0.717, 1.165) is 12.2 Å². The molecule has 0 aliphatic heterocycles. The molecular formula is C13H22BrN3O2S2. The fourth-order valence-electron chi connectivity index (χ4n) is 1.67. The zero-order chi connectivity index (χ0) is 15.9. The Bertz CT molecular complexity index is 552. The van der Waals surface area contributed by atoms with Gasteiger partial charge in [-0.25, -0.2) is 18.1 Å². The van der Waals surface area contributed by atoms with Gasteiger partial charge in [0, 0.05) is 23.8 Å². The minimum atomic E-state index is -3.57. The van der Waals surface area contributed by atoms with Gasteiger partial charge in [-0.15, -0.1) is 0 Å². The number of nitrogens with one attached hydrogen (secondary N) is 2. The number of aromatic nitrogens is 1. The minimum absolute atomic E-state index is 0.182. The van der Waals surface area contributed by atoms with Crippen LogP contribution in [0.15, 0.2) is 21.6 Å². The van der Waals surface area contributed by atoms with Crippen molar-refractivity contribution >= 4 is 43.5 Å². The lowest BCUT2D eigenvalue weighted by molar-refractivity contribution is 0.562. The average molecular weight is 396 g/mol. The molecule has 0 saturated heterocycles. The summed E-state index contributed by atoms with van der Waals surface area (Å²) in [5.74, 6) is 1.59. The van der Waals surface area contributed by atoms with Crippen molar-refractivity contribution in [2.24, 2.45) is 5.92 Å².